The third kappa shape index (κ3) is 3.32. The van der Waals surface area contributed by atoms with E-state index in [4.69, 9.17) is 10.5 Å². The van der Waals surface area contributed by atoms with Gasteiger partial charge in [-0.05, 0) is 47.9 Å². The van der Waals surface area contributed by atoms with Gasteiger partial charge in [-0.15, -0.1) is 5.10 Å². The second kappa shape index (κ2) is 6.56. The number of anilines is 1. The molecule has 2 unspecified atom stereocenters. The molecule has 0 aliphatic heterocycles. The van der Waals surface area contributed by atoms with Crippen molar-refractivity contribution in [1.29, 1.82) is 0 Å². The Morgan fingerprint density at radius 1 is 1.33 bits per heavy atom. The fourth-order valence-corrected chi connectivity index (χ4v) is 2.42. The van der Waals surface area contributed by atoms with Crippen LogP contribution in [-0.2, 0) is 0 Å². The zero-order valence-electron chi connectivity index (χ0n) is 13.1. The fourth-order valence-electron chi connectivity index (χ4n) is 2.42. The minimum atomic E-state index is 0.219. The summed E-state index contributed by atoms with van der Waals surface area (Å²) in [6.07, 6.45) is 2.17. The Morgan fingerprint density at radius 2 is 2.10 bits per heavy atom. The van der Waals surface area contributed by atoms with E-state index in [0.717, 1.165) is 24.2 Å². The van der Waals surface area contributed by atoms with Gasteiger partial charge in [-0.3, -0.25) is 0 Å². The van der Waals surface area contributed by atoms with E-state index in [0.29, 0.717) is 17.4 Å². The van der Waals surface area contributed by atoms with Crippen LogP contribution in [0, 0.1) is 5.92 Å². The summed E-state index contributed by atoms with van der Waals surface area (Å²) in [4.78, 5) is 0. The molecule has 0 aliphatic carbocycles. The van der Waals surface area contributed by atoms with Crippen molar-refractivity contribution in [2.75, 3.05) is 12.8 Å². The lowest BCUT2D eigenvalue weighted by Gasteiger charge is -2.18. The van der Waals surface area contributed by atoms with Gasteiger partial charge in [0.15, 0.2) is 5.82 Å². The van der Waals surface area contributed by atoms with Crippen molar-refractivity contribution < 1.29 is 4.74 Å². The number of hydrogen-bond donors (Lipinski definition) is 1. The molecule has 2 aromatic rings. The lowest BCUT2D eigenvalue weighted by atomic mass is 10.0. The third-order valence-corrected chi connectivity index (χ3v) is 3.82. The van der Waals surface area contributed by atoms with Gasteiger partial charge in [-0.25, -0.2) is 4.68 Å². The van der Waals surface area contributed by atoms with Gasteiger partial charge in [0.25, 0.3) is 0 Å². The monoisotopic (exact) mass is 289 g/mol. The van der Waals surface area contributed by atoms with Crippen LogP contribution in [-0.4, -0.2) is 27.3 Å². The normalized spacial score (nSPS) is 13.9. The van der Waals surface area contributed by atoms with Crippen molar-refractivity contribution in [3.63, 3.8) is 0 Å². The molecule has 21 heavy (non-hydrogen) atoms. The number of ether oxygens (including phenoxy) is 1. The molecule has 0 aliphatic rings. The Labute approximate surface area is 125 Å². The molecule has 0 fully saturated rings. The first kappa shape index (κ1) is 15.3. The molecule has 0 saturated carbocycles. The van der Waals surface area contributed by atoms with E-state index in [1.54, 1.807) is 13.2 Å². The molecule has 1 aromatic heterocycles. The first-order chi connectivity index (χ1) is 10.1. The molecule has 2 N–H and O–H groups in total. The molecule has 2 atom stereocenters. The second-order valence-electron chi connectivity index (χ2n) is 5.50. The number of methoxy groups -OCH3 is 1. The smallest absolute Gasteiger partial charge is 0.186 e. The van der Waals surface area contributed by atoms with Gasteiger partial charge < -0.3 is 10.5 Å². The number of rotatable bonds is 6. The highest BCUT2D eigenvalue weighted by Gasteiger charge is 2.19. The molecule has 6 heteroatoms. The van der Waals surface area contributed by atoms with Crippen LogP contribution in [0.15, 0.2) is 18.2 Å². The zero-order chi connectivity index (χ0) is 15.4. The van der Waals surface area contributed by atoms with E-state index in [1.165, 1.54) is 0 Å². The summed E-state index contributed by atoms with van der Waals surface area (Å²) < 4.78 is 7.25. The molecule has 0 spiro atoms. The average molecular weight is 289 g/mol. The highest BCUT2D eigenvalue weighted by atomic mass is 16.5. The summed E-state index contributed by atoms with van der Waals surface area (Å²) in [5.41, 5.74) is 7.36. The van der Waals surface area contributed by atoms with Gasteiger partial charge in [-0.1, -0.05) is 20.3 Å². The van der Waals surface area contributed by atoms with E-state index in [-0.39, 0.29) is 6.04 Å². The summed E-state index contributed by atoms with van der Waals surface area (Å²) in [5.74, 6) is 2.03. The zero-order valence-corrected chi connectivity index (χ0v) is 13.1. The average Bonchev–Trinajstić information content (AvgIpc) is 2.96. The van der Waals surface area contributed by atoms with Crippen molar-refractivity contribution in [1.82, 2.24) is 20.2 Å². The van der Waals surface area contributed by atoms with E-state index >= 15 is 0 Å². The van der Waals surface area contributed by atoms with Crippen molar-refractivity contribution in [2.45, 2.75) is 39.7 Å². The van der Waals surface area contributed by atoms with Gasteiger partial charge >= 0.3 is 0 Å². The highest BCUT2D eigenvalue weighted by molar-refractivity contribution is 5.68. The molecule has 2 rings (SSSR count). The summed E-state index contributed by atoms with van der Waals surface area (Å²) in [6, 6.07) is 5.70. The molecular formula is C15H23N5O. The number of hydrogen-bond acceptors (Lipinski definition) is 5. The molecule has 1 aromatic carbocycles. The standard InChI is InChI=1S/C15H23N5O/c1-5-10(2)8-11(3)20-15(17-18-19-20)13-9-12(16)6-7-14(13)21-4/h6-7,9-11H,5,8,16H2,1-4H3. The predicted molar refractivity (Wildman–Crippen MR) is 83.0 cm³/mol. The molecule has 1 heterocycles. The summed E-state index contributed by atoms with van der Waals surface area (Å²) >= 11 is 0. The summed E-state index contributed by atoms with van der Waals surface area (Å²) in [6.45, 7) is 6.56. The number of nitrogens with two attached hydrogens (primary N) is 1. The van der Waals surface area contributed by atoms with Crippen LogP contribution in [0.4, 0.5) is 5.69 Å². The number of nitrogens with zero attached hydrogens (tertiary/aromatic N) is 4. The van der Waals surface area contributed by atoms with Crippen molar-refractivity contribution in [3.8, 4) is 17.1 Å². The Kier molecular flexibility index (Phi) is 4.77. The number of aromatic nitrogens is 4. The van der Waals surface area contributed by atoms with Gasteiger partial charge in [0, 0.05) is 5.69 Å². The Morgan fingerprint density at radius 3 is 2.76 bits per heavy atom. The Hall–Kier alpha value is -2.11. The largest absolute Gasteiger partial charge is 0.496 e. The second-order valence-corrected chi connectivity index (χ2v) is 5.50. The van der Waals surface area contributed by atoms with Crippen LogP contribution < -0.4 is 10.5 Å². The van der Waals surface area contributed by atoms with Crippen molar-refractivity contribution in [3.05, 3.63) is 18.2 Å². The van der Waals surface area contributed by atoms with E-state index < -0.39 is 0 Å². The highest BCUT2D eigenvalue weighted by Crippen LogP contribution is 2.32. The topological polar surface area (TPSA) is 78.9 Å². The van der Waals surface area contributed by atoms with Crippen LogP contribution >= 0.6 is 0 Å². The van der Waals surface area contributed by atoms with Crippen LogP contribution in [0.5, 0.6) is 5.75 Å². The lowest BCUT2D eigenvalue weighted by Crippen LogP contribution is -2.12. The number of benzene rings is 1. The maximum atomic E-state index is 5.88. The Balaban J connectivity index is 2.38. The van der Waals surface area contributed by atoms with Gasteiger partial charge in [-0.2, -0.15) is 0 Å². The third-order valence-electron chi connectivity index (χ3n) is 3.82. The predicted octanol–water partition coefficient (Wildman–Crippen LogP) is 2.93. The van der Waals surface area contributed by atoms with Gasteiger partial charge in [0.05, 0.1) is 18.7 Å². The Bertz CT molecular complexity index is 595. The lowest BCUT2D eigenvalue weighted by molar-refractivity contribution is 0.370. The molecule has 0 bridgehead atoms. The molecule has 114 valence electrons. The summed E-state index contributed by atoms with van der Waals surface area (Å²) in [5, 5.41) is 12.1. The van der Waals surface area contributed by atoms with E-state index in [1.807, 2.05) is 16.8 Å². The summed E-state index contributed by atoms with van der Waals surface area (Å²) in [7, 11) is 1.63. The maximum absolute atomic E-state index is 5.88. The minimum absolute atomic E-state index is 0.219. The van der Waals surface area contributed by atoms with Gasteiger partial charge in [0.2, 0.25) is 0 Å². The quantitative estimate of drug-likeness (QED) is 0.827. The van der Waals surface area contributed by atoms with Crippen LogP contribution in [0.3, 0.4) is 0 Å². The van der Waals surface area contributed by atoms with Crippen LogP contribution in [0.2, 0.25) is 0 Å². The molecular weight excluding hydrogens is 266 g/mol. The van der Waals surface area contributed by atoms with Crippen LogP contribution in [0.25, 0.3) is 11.4 Å². The van der Waals surface area contributed by atoms with Gasteiger partial charge in [0.1, 0.15) is 5.75 Å². The SMILES string of the molecule is CCC(C)CC(C)n1nnnc1-c1cc(N)ccc1OC. The number of tetrazole rings is 1. The molecule has 0 radical (unpaired) electrons. The first-order valence-electron chi connectivity index (χ1n) is 7.28. The van der Waals surface area contributed by atoms with Crippen molar-refractivity contribution in [2.24, 2.45) is 5.92 Å². The maximum Gasteiger partial charge on any atom is 0.186 e. The molecule has 0 saturated heterocycles. The minimum Gasteiger partial charge on any atom is -0.496 e. The number of nitrogen functional groups attached to an aromatic ring is 1. The fraction of sp³-hybridized carbons (Fsp3) is 0.533. The molecule has 0 amide bonds. The van der Waals surface area contributed by atoms with E-state index in [2.05, 4.69) is 36.3 Å². The molecule has 6 nitrogen and oxygen atoms in total. The first-order valence-corrected chi connectivity index (χ1v) is 7.28. The van der Waals surface area contributed by atoms with E-state index in [9.17, 15) is 0 Å². The van der Waals surface area contributed by atoms with Crippen molar-refractivity contribution >= 4 is 5.69 Å². The van der Waals surface area contributed by atoms with Crippen LogP contribution in [0.1, 0.15) is 39.7 Å².